The number of carbonyl (C=O) groups excluding carboxylic acids is 1. The Kier molecular flexibility index (Phi) is 5.99. The molecule has 2 saturated heterocycles. The maximum absolute atomic E-state index is 12.8. The Bertz CT molecular complexity index is 934. The van der Waals surface area contributed by atoms with Crippen LogP contribution >= 0.6 is 0 Å². The minimum absolute atomic E-state index is 0.00968. The Balaban J connectivity index is 1.48. The van der Waals surface area contributed by atoms with Crippen LogP contribution < -0.4 is 10.9 Å². The first-order chi connectivity index (χ1) is 14.0. The molecule has 0 aliphatic carbocycles. The third-order valence-electron chi connectivity index (χ3n) is 6.51. The van der Waals surface area contributed by atoms with Crippen molar-refractivity contribution in [3.8, 4) is 0 Å². The van der Waals surface area contributed by atoms with Crippen LogP contribution in [0.3, 0.4) is 0 Å². The summed E-state index contributed by atoms with van der Waals surface area (Å²) in [5.41, 5.74) is 0.577. The summed E-state index contributed by atoms with van der Waals surface area (Å²) in [6.07, 6.45) is 6.49. The minimum atomic E-state index is -0.0978. The molecule has 0 radical (unpaired) electrons. The molecule has 156 valence electrons. The van der Waals surface area contributed by atoms with Crippen molar-refractivity contribution < 1.29 is 4.79 Å². The molecule has 4 rings (SSSR count). The first-order valence-electron chi connectivity index (χ1n) is 11.1. The van der Waals surface area contributed by atoms with Crippen LogP contribution in [0, 0.1) is 5.92 Å². The Morgan fingerprint density at radius 2 is 1.90 bits per heavy atom. The Hall–Kier alpha value is -2.21. The van der Waals surface area contributed by atoms with Crippen molar-refractivity contribution in [1.29, 1.82) is 0 Å². The highest BCUT2D eigenvalue weighted by Gasteiger charge is 2.32. The fourth-order valence-electron chi connectivity index (χ4n) is 5.03. The van der Waals surface area contributed by atoms with Gasteiger partial charge in [-0.2, -0.15) is 5.10 Å². The van der Waals surface area contributed by atoms with Crippen LogP contribution in [0.4, 0.5) is 0 Å². The van der Waals surface area contributed by atoms with E-state index in [1.807, 2.05) is 38.1 Å². The number of hydrogen-bond acceptors (Lipinski definition) is 4. The maximum Gasteiger partial charge on any atom is 0.274 e. The highest BCUT2D eigenvalue weighted by Crippen LogP contribution is 2.30. The van der Waals surface area contributed by atoms with Crippen LogP contribution in [0.15, 0.2) is 29.1 Å². The fourth-order valence-corrected chi connectivity index (χ4v) is 5.03. The predicted octanol–water partition coefficient (Wildman–Crippen LogP) is 2.90. The molecule has 2 fully saturated rings. The first kappa shape index (κ1) is 20.1. The molecule has 6 heteroatoms. The van der Waals surface area contributed by atoms with Gasteiger partial charge in [-0.3, -0.25) is 9.59 Å². The molecule has 0 bridgehead atoms. The van der Waals surface area contributed by atoms with Gasteiger partial charge in [-0.05, 0) is 64.6 Å². The highest BCUT2D eigenvalue weighted by atomic mass is 16.1. The van der Waals surface area contributed by atoms with Crippen molar-refractivity contribution in [2.75, 3.05) is 19.6 Å². The zero-order valence-electron chi connectivity index (χ0n) is 17.6. The van der Waals surface area contributed by atoms with Gasteiger partial charge in [0, 0.05) is 18.0 Å². The van der Waals surface area contributed by atoms with Crippen molar-refractivity contribution in [2.45, 2.75) is 64.5 Å². The van der Waals surface area contributed by atoms with Gasteiger partial charge in [0.2, 0.25) is 5.91 Å². The van der Waals surface area contributed by atoms with Gasteiger partial charge in [-0.25, -0.2) is 4.68 Å². The SMILES string of the molecule is CC(C)n1nc(CC(=O)NCC2CCCN3CCCCC23)c2ccccc2c1=O. The summed E-state index contributed by atoms with van der Waals surface area (Å²) < 4.78 is 1.49. The summed E-state index contributed by atoms with van der Waals surface area (Å²) in [7, 11) is 0. The summed E-state index contributed by atoms with van der Waals surface area (Å²) in [6.45, 7) is 7.03. The number of benzene rings is 1. The smallest absolute Gasteiger partial charge is 0.274 e. The number of aromatic nitrogens is 2. The zero-order chi connectivity index (χ0) is 20.4. The number of fused-ring (bicyclic) bond motifs is 2. The van der Waals surface area contributed by atoms with Crippen molar-refractivity contribution in [3.05, 3.63) is 40.3 Å². The van der Waals surface area contributed by atoms with Crippen molar-refractivity contribution in [2.24, 2.45) is 5.92 Å². The van der Waals surface area contributed by atoms with E-state index in [9.17, 15) is 9.59 Å². The maximum atomic E-state index is 12.8. The van der Waals surface area contributed by atoms with Crippen LogP contribution in [0.2, 0.25) is 0 Å². The summed E-state index contributed by atoms with van der Waals surface area (Å²) >= 11 is 0. The summed E-state index contributed by atoms with van der Waals surface area (Å²) in [5, 5.41) is 9.11. The average Bonchev–Trinajstić information content (AvgIpc) is 2.74. The second kappa shape index (κ2) is 8.66. The molecule has 1 N–H and O–H groups in total. The number of nitrogens with one attached hydrogen (secondary N) is 1. The molecule has 0 spiro atoms. The minimum Gasteiger partial charge on any atom is -0.355 e. The molecular weight excluding hydrogens is 364 g/mol. The molecule has 1 aromatic heterocycles. The van der Waals surface area contributed by atoms with E-state index in [1.54, 1.807) is 0 Å². The molecule has 6 nitrogen and oxygen atoms in total. The van der Waals surface area contributed by atoms with Gasteiger partial charge in [0.25, 0.3) is 5.56 Å². The van der Waals surface area contributed by atoms with Gasteiger partial charge in [0.15, 0.2) is 0 Å². The van der Waals surface area contributed by atoms with Crippen molar-refractivity contribution in [3.63, 3.8) is 0 Å². The van der Waals surface area contributed by atoms with E-state index in [1.165, 1.54) is 49.9 Å². The Morgan fingerprint density at radius 3 is 2.69 bits per heavy atom. The van der Waals surface area contributed by atoms with E-state index in [2.05, 4.69) is 15.3 Å². The molecule has 2 aliphatic heterocycles. The third-order valence-corrected chi connectivity index (χ3v) is 6.51. The van der Waals surface area contributed by atoms with Crippen LogP contribution in [-0.2, 0) is 11.2 Å². The zero-order valence-corrected chi connectivity index (χ0v) is 17.6. The van der Waals surface area contributed by atoms with Crippen LogP contribution in [0.1, 0.15) is 57.7 Å². The quantitative estimate of drug-likeness (QED) is 0.844. The first-order valence-corrected chi connectivity index (χ1v) is 11.1. The van der Waals surface area contributed by atoms with Crippen LogP contribution in [-0.4, -0.2) is 46.3 Å². The lowest BCUT2D eigenvalue weighted by Gasteiger charge is -2.44. The van der Waals surface area contributed by atoms with Crippen molar-refractivity contribution in [1.82, 2.24) is 20.0 Å². The average molecular weight is 397 g/mol. The molecule has 3 heterocycles. The van der Waals surface area contributed by atoms with E-state index in [4.69, 9.17) is 0 Å². The molecule has 1 amide bonds. The predicted molar refractivity (Wildman–Crippen MR) is 115 cm³/mol. The Labute approximate surface area is 172 Å². The second-order valence-electron chi connectivity index (χ2n) is 8.82. The number of hydrogen-bond donors (Lipinski definition) is 1. The van der Waals surface area contributed by atoms with Gasteiger partial charge in [0.05, 0.1) is 23.5 Å². The third kappa shape index (κ3) is 4.22. The standard InChI is InChI=1S/C23H32N4O2/c1-16(2)27-23(29)19-10-4-3-9-18(19)20(25-27)14-22(28)24-15-17-8-7-13-26-12-6-5-11-21(17)26/h3-4,9-10,16-17,21H,5-8,11-15H2,1-2H3,(H,24,28). The normalized spacial score (nSPS) is 22.6. The monoisotopic (exact) mass is 396 g/mol. The molecule has 2 aromatic rings. The van der Waals surface area contributed by atoms with E-state index in [-0.39, 0.29) is 23.9 Å². The fraction of sp³-hybridized carbons (Fsp3) is 0.609. The van der Waals surface area contributed by atoms with Crippen LogP contribution in [0.5, 0.6) is 0 Å². The summed E-state index contributed by atoms with van der Waals surface area (Å²) in [5.74, 6) is 0.534. The van der Waals surface area contributed by atoms with E-state index in [0.717, 1.165) is 11.9 Å². The molecule has 2 atom stereocenters. The van der Waals surface area contributed by atoms with Gasteiger partial charge in [-0.1, -0.05) is 24.6 Å². The number of rotatable bonds is 5. The molecular formula is C23H32N4O2. The molecule has 2 aliphatic rings. The van der Waals surface area contributed by atoms with E-state index < -0.39 is 0 Å². The lowest BCUT2D eigenvalue weighted by atomic mass is 9.83. The largest absolute Gasteiger partial charge is 0.355 e. The van der Waals surface area contributed by atoms with Gasteiger partial charge in [0.1, 0.15) is 0 Å². The van der Waals surface area contributed by atoms with Crippen LogP contribution in [0.25, 0.3) is 10.8 Å². The lowest BCUT2D eigenvalue weighted by Crippen LogP contribution is -2.51. The summed E-state index contributed by atoms with van der Waals surface area (Å²) in [4.78, 5) is 28.1. The summed E-state index contributed by atoms with van der Waals surface area (Å²) in [6, 6.07) is 8.03. The van der Waals surface area contributed by atoms with E-state index >= 15 is 0 Å². The lowest BCUT2D eigenvalue weighted by molar-refractivity contribution is -0.120. The van der Waals surface area contributed by atoms with Gasteiger partial charge >= 0.3 is 0 Å². The number of amides is 1. The van der Waals surface area contributed by atoms with Crippen molar-refractivity contribution >= 4 is 16.7 Å². The number of piperidine rings is 2. The van der Waals surface area contributed by atoms with Gasteiger partial charge < -0.3 is 10.2 Å². The molecule has 0 saturated carbocycles. The second-order valence-corrected chi connectivity index (χ2v) is 8.82. The Morgan fingerprint density at radius 1 is 1.14 bits per heavy atom. The molecule has 1 aromatic carbocycles. The van der Waals surface area contributed by atoms with E-state index in [0.29, 0.717) is 23.0 Å². The highest BCUT2D eigenvalue weighted by molar-refractivity contribution is 5.88. The molecule has 2 unspecified atom stereocenters. The molecule has 29 heavy (non-hydrogen) atoms. The number of carbonyl (C=O) groups is 1. The number of nitrogens with zero attached hydrogens (tertiary/aromatic N) is 3. The van der Waals surface area contributed by atoms with Gasteiger partial charge in [-0.15, -0.1) is 0 Å². The topological polar surface area (TPSA) is 67.2 Å².